The highest BCUT2D eigenvalue weighted by Crippen LogP contribution is 2.28. The van der Waals surface area contributed by atoms with E-state index in [0.717, 1.165) is 30.2 Å². The van der Waals surface area contributed by atoms with Gasteiger partial charge in [0, 0.05) is 24.2 Å². The summed E-state index contributed by atoms with van der Waals surface area (Å²) in [4.78, 5) is 50.4. The van der Waals surface area contributed by atoms with Gasteiger partial charge in [-0.1, -0.05) is 0 Å². The second-order valence-electron chi connectivity index (χ2n) is 6.61. The van der Waals surface area contributed by atoms with Crippen molar-refractivity contribution in [3.63, 3.8) is 0 Å². The number of hydrogen-bond donors (Lipinski definition) is 0. The summed E-state index contributed by atoms with van der Waals surface area (Å²) in [6.45, 7) is 3.58. The Bertz CT molecular complexity index is 766. The highest BCUT2D eigenvalue weighted by Gasteiger charge is 2.39. The Hall–Kier alpha value is -2.77. The van der Waals surface area contributed by atoms with Gasteiger partial charge in [-0.05, 0) is 39.2 Å². The first kappa shape index (κ1) is 17.1. The van der Waals surface area contributed by atoms with Gasteiger partial charge in [-0.25, -0.2) is 0 Å². The number of hydrogen-bond acceptors (Lipinski definition) is 5. The Morgan fingerprint density at radius 3 is 2.36 bits per heavy atom. The maximum atomic E-state index is 12.7. The van der Waals surface area contributed by atoms with E-state index in [1.54, 1.807) is 4.90 Å². The van der Waals surface area contributed by atoms with Crippen LogP contribution in [0, 0.1) is 10.1 Å². The van der Waals surface area contributed by atoms with E-state index < -0.39 is 16.7 Å². The van der Waals surface area contributed by atoms with E-state index in [9.17, 15) is 24.5 Å². The van der Waals surface area contributed by atoms with Crippen LogP contribution in [0.15, 0.2) is 18.2 Å². The van der Waals surface area contributed by atoms with Gasteiger partial charge in [0.1, 0.15) is 6.54 Å². The van der Waals surface area contributed by atoms with Crippen molar-refractivity contribution < 1.29 is 19.3 Å². The van der Waals surface area contributed by atoms with Gasteiger partial charge in [0.2, 0.25) is 5.91 Å². The zero-order valence-electron chi connectivity index (χ0n) is 14.1. The monoisotopic (exact) mass is 345 g/mol. The molecule has 8 heteroatoms. The van der Waals surface area contributed by atoms with Gasteiger partial charge in [0.05, 0.1) is 16.1 Å². The van der Waals surface area contributed by atoms with E-state index in [-0.39, 0.29) is 41.3 Å². The number of nitro groups is 1. The number of carbonyl (C=O) groups excluding carboxylic acids is 3. The lowest BCUT2D eigenvalue weighted by atomic mass is 9.97. The molecule has 132 valence electrons. The second kappa shape index (κ2) is 6.27. The molecule has 0 N–H and O–H groups in total. The van der Waals surface area contributed by atoms with E-state index in [1.165, 1.54) is 12.1 Å². The molecule has 1 aromatic rings. The number of nitro benzene ring substituents is 1. The fraction of sp³-hybridized carbons (Fsp3) is 0.471. The van der Waals surface area contributed by atoms with Gasteiger partial charge < -0.3 is 4.90 Å². The van der Waals surface area contributed by atoms with E-state index in [4.69, 9.17) is 0 Å². The molecule has 3 rings (SSSR count). The van der Waals surface area contributed by atoms with Crippen molar-refractivity contribution >= 4 is 23.4 Å². The van der Waals surface area contributed by atoms with Crippen LogP contribution in [0.5, 0.6) is 0 Å². The normalized spacial score (nSPS) is 23.0. The van der Waals surface area contributed by atoms with E-state index in [1.807, 2.05) is 13.8 Å². The molecule has 0 unspecified atom stereocenters. The third-order valence-electron chi connectivity index (χ3n) is 4.94. The maximum absolute atomic E-state index is 12.7. The van der Waals surface area contributed by atoms with Gasteiger partial charge >= 0.3 is 0 Å². The van der Waals surface area contributed by atoms with Gasteiger partial charge in [-0.15, -0.1) is 0 Å². The van der Waals surface area contributed by atoms with Crippen molar-refractivity contribution in [2.45, 2.75) is 45.2 Å². The molecule has 2 atom stereocenters. The zero-order valence-corrected chi connectivity index (χ0v) is 14.1. The van der Waals surface area contributed by atoms with Crippen LogP contribution in [0.4, 0.5) is 5.69 Å². The molecule has 1 fully saturated rings. The number of amides is 3. The summed E-state index contributed by atoms with van der Waals surface area (Å²) in [5.41, 5.74) is -0.179. The number of carbonyl (C=O) groups is 3. The summed E-state index contributed by atoms with van der Waals surface area (Å²) in [7, 11) is 0. The second-order valence-corrected chi connectivity index (χ2v) is 6.61. The number of rotatable bonds is 3. The molecule has 0 radical (unpaired) electrons. The number of imide groups is 1. The van der Waals surface area contributed by atoms with Crippen molar-refractivity contribution in [2.24, 2.45) is 0 Å². The minimum Gasteiger partial charge on any atom is -0.336 e. The maximum Gasteiger partial charge on any atom is 0.270 e. The molecule has 0 bridgehead atoms. The third kappa shape index (κ3) is 2.88. The van der Waals surface area contributed by atoms with E-state index in [0.29, 0.717) is 0 Å². The van der Waals surface area contributed by atoms with Crippen LogP contribution in [0.2, 0.25) is 0 Å². The molecule has 0 aromatic heterocycles. The Balaban J connectivity index is 1.82. The fourth-order valence-corrected chi connectivity index (χ4v) is 3.67. The highest BCUT2D eigenvalue weighted by atomic mass is 16.6. The predicted octanol–water partition coefficient (Wildman–Crippen LogP) is 1.98. The summed E-state index contributed by atoms with van der Waals surface area (Å²) in [6.07, 6.45) is 2.83. The minimum absolute atomic E-state index is 0.0215. The largest absolute Gasteiger partial charge is 0.336 e. The molecule has 2 heterocycles. The molecular formula is C17H19N3O5. The number of non-ortho nitro benzene ring substituents is 1. The summed E-state index contributed by atoms with van der Waals surface area (Å²) >= 11 is 0. The first-order valence-electron chi connectivity index (χ1n) is 8.27. The Morgan fingerprint density at radius 1 is 1.16 bits per heavy atom. The summed E-state index contributed by atoms with van der Waals surface area (Å²) in [5, 5.41) is 10.9. The van der Waals surface area contributed by atoms with Crippen LogP contribution in [-0.2, 0) is 4.79 Å². The van der Waals surface area contributed by atoms with E-state index >= 15 is 0 Å². The smallest absolute Gasteiger partial charge is 0.270 e. The van der Waals surface area contributed by atoms with Crippen LogP contribution in [0.1, 0.15) is 53.8 Å². The first-order chi connectivity index (χ1) is 11.8. The van der Waals surface area contributed by atoms with Gasteiger partial charge in [0.25, 0.3) is 17.5 Å². The van der Waals surface area contributed by atoms with Crippen molar-refractivity contribution in [1.29, 1.82) is 0 Å². The highest BCUT2D eigenvalue weighted by molar-refractivity contribution is 6.22. The van der Waals surface area contributed by atoms with Crippen molar-refractivity contribution in [2.75, 3.05) is 6.54 Å². The topological polar surface area (TPSA) is 101 Å². The van der Waals surface area contributed by atoms with Gasteiger partial charge in [-0.2, -0.15) is 0 Å². The standard InChI is InChI=1S/C17H19N3O5/c1-10-4-3-5-11(2)19(10)15(21)9-18-16(22)13-7-6-12(20(24)25)8-14(13)17(18)23/h6-8,10-11H,3-5,9H2,1-2H3/t10-,11-/m0/s1. The number of fused-ring (bicyclic) bond motifs is 1. The Morgan fingerprint density at radius 2 is 1.76 bits per heavy atom. The lowest BCUT2D eigenvalue weighted by Crippen LogP contribution is -2.51. The number of piperidine rings is 1. The predicted molar refractivity (Wildman–Crippen MR) is 88.1 cm³/mol. The lowest BCUT2D eigenvalue weighted by Gasteiger charge is -2.39. The molecule has 1 saturated heterocycles. The number of likely N-dealkylation sites (tertiary alicyclic amines) is 1. The Kier molecular flexibility index (Phi) is 4.28. The third-order valence-corrected chi connectivity index (χ3v) is 4.94. The molecule has 0 spiro atoms. The molecule has 0 aliphatic carbocycles. The average Bonchev–Trinajstić information content (AvgIpc) is 2.79. The molecular weight excluding hydrogens is 326 g/mol. The minimum atomic E-state index is -0.658. The molecule has 8 nitrogen and oxygen atoms in total. The van der Waals surface area contributed by atoms with Crippen LogP contribution in [0.25, 0.3) is 0 Å². The molecule has 2 aliphatic heterocycles. The molecule has 25 heavy (non-hydrogen) atoms. The van der Waals surface area contributed by atoms with Crippen LogP contribution in [0.3, 0.4) is 0 Å². The van der Waals surface area contributed by atoms with E-state index in [2.05, 4.69) is 0 Å². The van der Waals surface area contributed by atoms with Crippen molar-refractivity contribution in [1.82, 2.24) is 9.80 Å². The molecule has 0 saturated carbocycles. The summed E-state index contributed by atoms with van der Waals surface area (Å²) < 4.78 is 0. The van der Waals surface area contributed by atoms with Crippen LogP contribution in [-0.4, -0.2) is 51.1 Å². The quantitative estimate of drug-likeness (QED) is 0.474. The molecule has 2 aliphatic rings. The SMILES string of the molecule is C[C@H]1CCC[C@H](C)N1C(=O)CN1C(=O)c2ccc([N+](=O)[O-])cc2C1=O. The van der Waals surface area contributed by atoms with Gasteiger partial charge in [-0.3, -0.25) is 29.4 Å². The fourth-order valence-electron chi connectivity index (χ4n) is 3.67. The van der Waals surface area contributed by atoms with Crippen molar-refractivity contribution in [3.8, 4) is 0 Å². The van der Waals surface area contributed by atoms with Crippen LogP contribution >= 0.6 is 0 Å². The van der Waals surface area contributed by atoms with Crippen molar-refractivity contribution in [3.05, 3.63) is 39.4 Å². The van der Waals surface area contributed by atoms with Gasteiger partial charge in [0.15, 0.2) is 0 Å². The number of benzene rings is 1. The zero-order chi connectivity index (χ0) is 18.3. The molecule has 1 aromatic carbocycles. The molecule has 3 amide bonds. The van der Waals surface area contributed by atoms with Crippen LogP contribution < -0.4 is 0 Å². The average molecular weight is 345 g/mol. The number of nitrogens with zero attached hydrogens (tertiary/aromatic N) is 3. The summed E-state index contributed by atoms with van der Waals surface area (Å²) in [5.74, 6) is -1.52. The Labute approximate surface area is 144 Å². The first-order valence-corrected chi connectivity index (χ1v) is 8.27. The lowest BCUT2D eigenvalue weighted by molar-refractivity contribution is -0.384. The summed E-state index contributed by atoms with van der Waals surface area (Å²) in [6, 6.07) is 3.67.